The van der Waals surface area contributed by atoms with E-state index in [9.17, 15) is 0 Å². The Labute approximate surface area is 117 Å². The van der Waals surface area contributed by atoms with Gasteiger partial charge in [0.05, 0.1) is 11.7 Å². The molecule has 1 atom stereocenters. The molecule has 0 saturated heterocycles. The normalized spacial score (nSPS) is 24.4. The van der Waals surface area contributed by atoms with Crippen molar-refractivity contribution < 1.29 is 0 Å². The molecule has 2 aliphatic rings. The summed E-state index contributed by atoms with van der Waals surface area (Å²) in [6.45, 7) is 1.26. The first-order chi connectivity index (χ1) is 9.34. The van der Waals surface area contributed by atoms with Crippen LogP contribution in [0.5, 0.6) is 0 Å². The van der Waals surface area contributed by atoms with Crippen LogP contribution in [0.15, 0.2) is 18.3 Å². The zero-order valence-corrected chi connectivity index (χ0v) is 12.1. The number of hydrogen-bond donors (Lipinski definition) is 0. The Morgan fingerprint density at radius 1 is 1.16 bits per heavy atom. The lowest BCUT2D eigenvalue weighted by atomic mass is 9.87. The van der Waals surface area contributed by atoms with Crippen molar-refractivity contribution in [2.75, 3.05) is 13.6 Å². The van der Waals surface area contributed by atoms with Gasteiger partial charge in [0.2, 0.25) is 0 Å². The van der Waals surface area contributed by atoms with Gasteiger partial charge in [-0.1, -0.05) is 25.3 Å². The van der Waals surface area contributed by atoms with E-state index in [1.165, 1.54) is 69.2 Å². The molecule has 0 bridgehead atoms. The van der Waals surface area contributed by atoms with Crippen molar-refractivity contribution in [1.29, 1.82) is 0 Å². The Bertz CT molecular complexity index is 409. The zero-order chi connectivity index (χ0) is 13.1. The highest BCUT2D eigenvalue weighted by Gasteiger charge is 2.26. The molecule has 1 heterocycles. The number of pyridine rings is 1. The van der Waals surface area contributed by atoms with Gasteiger partial charge in [-0.05, 0) is 56.7 Å². The minimum Gasteiger partial charge on any atom is -0.298 e. The molecule has 0 spiro atoms. The van der Waals surface area contributed by atoms with Gasteiger partial charge >= 0.3 is 0 Å². The standard InChI is InChI=1S/C17H26N2/c1-19(13-14-7-3-2-4-8-14)16-11-5-9-15-10-6-12-18-17(15)16/h6,10,12,14,16H,2-5,7-9,11,13H2,1H3/t16-/m0/s1. The Hall–Kier alpha value is -0.890. The summed E-state index contributed by atoms with van der Waals surface area (Å²) < 4.78 is 0. The van der Waals surface area contributed by atoms with Crippen LogP contribution >= 0.6 is 0 Å². The molecule has 2 aliphatic carbocycles. The molecule has 1 fully saturated rings. The number of nitrogens with zero attached hydrogens (tertiary/aromatic N) is 2. The number of aryl methyl sites for hydroxylation is 1. The van der Waals surface area contributed by atoms with Crippen LogP contribution in [0.25, 0.3) is 0 Å². The number of hydrogen-bond acceptors (Lipinski definition) is 2. The van der Waals surface area contributed by atoms with Crippen LogP contribution in [-0.4, -0.2) is 23.5 Å². The average molecular weight is 258 g/mol. The van der Waals surface area contributed by atoms with Gasteiger partial charge in [0.25, 0.3) is 0 Å². The monoisotopic (exact) mass is 258 g/mol. The van der Waals surface area contributed by atoms with Gasteiger partial charge in [-0.2, -0.15) is 0 Å². The van der Waals surface area contributed by atoms with Gasteiger partial charge in [-0.15, -0.1) is 0 Å². The van der Waals surface area contributed by atoms with Gasteiger partial charge in [-0.3, -0.25) is 9.88 Å². The number of fused-ring (bicyclic) bond motifs is 1. The van der Waals surface area contributed by atoms with Crippen molar-refractivity contribution >= 4 is 0 Å². The molecule has 1 aromatic heterocycles. The Morgan fingerprint density at radius 2 is 2.00 bits per heavy atom. The van der Waals surface area contributed by atoms with Crippen molar-refractivity contribution in [3.8, 4) is 0 Å². The summed E-state index contributed by atoms with van der Waals surface area (Å²) in [5.74, 6) is 0.924. The third-order valence-electron chi connectivity index (χ3n) is 4.97. The molecule has 2 heteroatoms. The van der Waals surface area contributed by atoms with Crippen molar-refractivity contribution in [3.05, 3.63) is 29.6 Å². The van der Waals surface area contributed by atoms with E-state index >= 15 is 0 Å². The first-order valence-electron chi connectivity index (χ1n) is 7.98. The number of rotatable bonds is 3. The first kappa shape index (κ1) is 13.1. The first-order valence-corrected chi connectivity index (χ1v) is 7.98. The summed E-state index contributed by atoms with van der Waals surface area (Å²) in [6.07, 6.45) is 13.0. The maximum Gasteiger partial charge on any atom is 0.0607 e. The summed E-state index contributed by atoms with van der Waals surface area (Å²) in [7, 11) is 2.31. The van der Waals surface area contributed by atoms with E-state index in [4.69, 9.17) is 0 Å². The topological polar surface area (TPSA) is 16.1 Å². The van der Waals surface area contributed by atoms with Crippen LogP contribution in [0.3, 0.4) is 0 Å². The lowest BCUT2D eigenvalue weighted by molar-refractivity contribution is 0.165. The fourth-order valence-electron chi connectivity index (χ4n) is 3.92. The van der Waals surface area contributed by atoms with Crippen LogP contribution < -0.4 is 0 Å². The minimum absolute atomic E-state index is 0.562. The third-order valence-corrected chi connectivity index (χ3v) is 4.97. The molecule has 2 nitrogen and oxygen atoms in total. The highest BCUT2D eigenvalue weighted by atomic mass is 15.1. The molecule has 1 aromatic rings. The van der Waals surface area contributed by atoms with Crippen LogP contribution in [0, 0.1) is 5.92 Å². The Kier molecular flexibility index (Phi) is 4.17. The quantitative estimate of drug-likeness (QED) is 0.815. The van der Waals surface area contributed by atoms with Crippen molar-refractivity contribution in [1.82, 2.24) is 9.88 Å². The second-order valence-corrected chi connectivity index (χ2v) is 6.40. The van der Waals surface area contributed by atoms with E-state index < -0.39 is 0 Å². The molecule has 19 heavy (non-hydrogen) atoms. The van der Waals surface area contributed by atoms with Crippen molar-refractivity contribution in [3.63, 3.8) is 0 Å². The third kappa shape index (κ3) is 3.00. The average Bonchev–Trinajstić information content (AvgIpc) is 2.47. The summed E-state index contributed by atoms with van der Waals surface area (Å²) >= 11 is 0. The predicted molar refractivity (Wildman–Crippen MR) is 79.1 cm³/mol. The summed E-state index contributed by atoms with van der Waals surface area (Å²) in [5.41, 5.74) is 2.83. The fraction of sp³-hybridized carbons (Fsp3) is 0.706. The highest BCUT2D eigenvalue weighted by Crippen LogP contribution is 2.33. The van der Waals surface area contributed by atoms with Crippen molar-refractivity contribution in [2.45, 2.75) is 57.4 Å². The molecular formula is C17H26N2. The zero-order valence-electron chi connectivity index (χ0n) is 12.1. The second-order valence-electron chi connectivity index (χ2n) is 6.40. The van der Waals surface area contributed by atoms with E-state index in [0.717, 1.165) is 5.92 Å². The number of aromatic nitrogens is 1. The van der Waals surface area contributed by atoms with E-state index in [0.29, 0.717) is 6.04 Å². The highest BCUT2D eigenvalue weighted by molar-refractivity contribution is 5.25. The summed E-state index contributed by atoms with van der Waals surface area (Å²) in [5, 5.41) is 0. The van der Waals surface area contributed by atoms with Crippen molar-refractivity contribution in [2.24, 2.45) is 5.92 Å². The molecule has 1 saturated carbocycles. The molecular weight excluding hydrogens is 232 g/mol. The lowest BCUT2D eigenvalue weighted by Crippen LogP contribution is -2.33. The van der Waals surface area contributed by atoms with Gasteiger partial charge in [0.15, 0.2) is 0 Å². The second kappa shape index (κ2) is 6.04. The van der Waals surface area contributed by atoms with Crippen LogP contribution in [0.1, 0.15) is 62.2 Å². The van der Waals surface area contributed by atoms with Gasteiger partial charge < -0.3 is 0 Å². The summed E-state index contributed by atoms with van der Waals surface area (Å²) in [4.78, 5) is 7.26. The minimum atomic E-state index is 0.562. The lowest BCUT2D eigenvalue weighted by Gasteiger charge is -2.35. The largest absolute Gasteiger partial charge is 0.298 e. The van der Waals surface area contributed by atoms with Crippen LogP contribution in [0.2, 0.25) is 0 Å². The molecule has 0 unspecified atom stereocenters. The van der Waals surface area contributed by atoms with E-state index in [1.54, 1.807) is 0 Å². The van der Waals surface area contributed by atoms with E-state index in [-0.39, 0.29) is 0 Å². The predicted octanol–water partition coefficient (Wildman–Crippen LogP) is 3.97. The Balaban J connectivity index is 1.68. The fourth-order valence-corrected chi connectivity index (χ4v) is 3.92. The smallest absolute Gasteiger partial charge is 0.0607 e. The maximum absolute atomic E-state index is 4.67. The van der Waals surface area contributed by atoms with E-state index in [1.807, 2.05) is 6.20 Å². The molecule has 0 amide bonds. The van der Waals surface area contributed by atoms with Crippen LogP contribution in [0.4, 0.5) is 0 Å². The molecule has 0 radical (unpaired) electrons. The van der Waals surface area contributed by atoms with E-state index in [2.05, 4.69) is 29.1 Å². The maximum atomic E-state index is 4.67. The van der Waals surface area contributed by atoms with Gasteiger partial charge in [0, 0.05) is 12.7 Å². The molecule has 104 valence electrons. The van der Waals surface area contributed by atoms with Crippen LogP contribution in [-0.2, 0) is 6.42 Å². The van der Waals surface area contributed by atoms with Gasteiger partial charge in [0.1, 0.15) is 0 Å². The molecule has 0 aliphatic heterocycles. The Morgan fingerprint density at radius 3 is 2.84 bits per heavy atom. The molecule has 0 N–H and O–H groups in total. The SMILES string of the molecule is CN(CC1CCCCC1)[C@H]1CCCc2cccnc21. The molecule has 3 rings (SSSR count). The summed E-state index contributed by atoms with van der Waals surface area (Å²) in [6, 6.07) is 4.91. The van der Waals surface area contributed by atoms with Gasteiger partial charge in [-0.25, -0.2) is 0 Å². The molecule has 0 aromatic carbocycles.